The third-order valence-corrected chi connectivity index (χ3v) is 1.61. The molecule has 0 aromatic rings. The molecule has 0 radical (unpaired) electrons. The fraction of sp³-hybridized carbons (Fsp3) is 0.167. The van der Waals surface area contributed by atoms with Crippen molar-refractivity contribution in [2.24, 2.45) is 0 Å². The molecule has 132 valence electrons. The van der Waals surface area contributed by atoms with Crippen LogP contribution in [0.3, 0.4) is 0 Å². The summed E-state index contributed by atoms with van der Waals surface area (Å²) in [6.07, 6.45) is 17.2. The van der Waals surface area contributed by atoms with E-state index in [4.69, 9.17) is 0 Å². The maximum absolute atomic E-state index is 9.64. The van der Waals surface area contributed by atoms with E-state index in [1.807, 2.05) is 0 Å². The van der Waals surface area contributed by atoms with Crippen LogP contribution in [-0.2, 0) is 14.4 Å². The van der Waals surface area contributed by atoms with Crippen molar-refractivity contribution in [2.45, 2.75) is 20.8 Å². The molecule has 0 aliphatic heterocycles. The van der Waals surface area contributed by atoms with Gasteiger partial charge in [0, 0.05) is 0 Å². The number of rotatable bonds is 6. The summed E-state index contributed by atoms with van der Waals surface area (Å²) in [5, 5.41) is 28.9. The Kier molecular flexibility index (Phi) is 33.2. The van der Waals surface area contributed by atoms with Crippen molar-refractivity contribution in [3.05, 3.63) is 72.9 Å². The van der Waals surface area contributed by atoms with E-state index in [0.717, 1.165) is 18.2 Å². The Hall–Kier alpha value is -1.96. The summed E-state index contributed by atoms with van der Waals surface area (Å²) in [5.41, 5.74) is 0. The van der Waals surface area contributed by atoms with Crippen molar-refractivity contribution in [3.8, 4) is 0 Å². The minimum absolute atomic E-state index is 0. The third-order valence-electron chi connectivity index (χ3n) is 1.61. The topological polar surface area (TPSA) is 120 Å². The van der Waals surface area contributed by atoms with E-state index in [2.05, 4.69) is 0 Å². The molecular formula is C18H21LaO6. The van der Waals surface area contributed by atoms with Crippen LogP contribution in [0.4, 0.5) is 0 Å². The number of carboxylic acid groups (broad SMARTS) is 3. The summed E-state index contributed by atoms with van der Waals surface area (Å²) in [6, 6.07) is 0. The van der Waals surface area contributed by atoms with Gasteiger partial charge in [-0.2, -0.15) is 0 Å². The molecule has 0 aliphatic rings. The summed E-state index contributed by atoms with van der Waals surface area (Å²) in [4.78, 5) is 28.9. The van der Waals surface area contributed by atoms with Gasteiger partial charge >= 0.3 is 35.6 Å². The fourth-order valence-corrected chi connectivity index (χ4v) is 0.736. The molecule has 0 fully saturated rings. The van der Waals surface area contributed by atoms with E-state index in [1.54, 1.807) is 57.2 Å². The van der Waals surface area contributed by atoms with Crippen LogP contribution in [0.1, 0.15) is 20.8 Å². The van der Waals surface area contributed by atoms with Gasteiger partial charge < -0.3 is 29.7 Å². The quantitative estimate of drug-likeness (QED) is 0.384. The number of hydrogen-bond donors (Lipinski definition) is 0. The molecule has 0 saturated carbocycles. The predicted octanol–water partition coefficient (Wildman–Crippen LogP) is -0.394. The molecule has 0 aliphatic carbocycles. The first-order valence-corrected chi connectivity index (χ1v) is 6.82. The average molecular weight is 472 g/mol. The number of carbonyl (C=O) groups is 3. The van der Waals surface area contributed by atoms with Crippen molar-refractivity contribution in [3.63, 3.8) is 0 Å². The SMILES string of the molecule is C/C=C/C=C/C(=O)[O-].C/C=C/C=C/C(=O)[O-].C/C=C/C=C/C(=O)[O-].[La+3]. The predicted molar refractivity (Wildman–Crippen MR) is 86.9 cm³/mol. The molecule has 0 rings (SSSR count). The Morgan fingerprint density at radius 1 is 0.520 bits per heavy atom. The molecule has 0 spiro atoms. The van der Waals surface area contributed by atoms with Crippen LogP contribution in [0.5, 0.6) is 0 Å². The standard InChI is InChI=1S/3C6H8O2.La/c3*1-2-3-4-5-6(7)8;/h3*2-5H,1H3,(H,7,8);/q;;;+3/p-3/b3*3-2+,5-4+;. The zero-order valence-corrected chi connectivity index (χ0v) is 18.1. The molecule has 0 atom stereocenters. The molecular weight excluding hydrogens is 451 g/mol. The number of carbonyl (C=O) groups excluding carboxylic acids is 3. The van der Waals surface area contributed by atoms with Crippen molar-refractivity contribution < 1.29 is 65.3 Å². The molecule has 0 bridgehead atoms. The van der Waals surface area contributed by atoms with E-state index in [-0.39, 0.29) is 35.6 Å². The van der Waals surface area contributed by atoms with Gasteiger partial charge in [-0.3, -0.25) is 0 Å². The van der Waals surface area contributed by atoms with Gasteiger partial charge in [-0.05, 0) is 39.0 Å². The summed E-state index contributed by atoms with van der Waals surface area (Å²) >= 11 is 0. The van der Waals surface area contributed by atoms with Gasteiger partial charge in [0.1, 0.15) is 0 Å². The molecule has 25 heavy (non-hydrogen) atoms. The van der Waals surface area contributed by atoms with Gasteiger partial charge in [-0.25, -0.2) is 0 Å². The van der Waals surface area contributed by atoms with Crippen LogP contribution in [-0.4, -0.2) is 17.9 Å². The van der Waals surface area contributed by atoms with Crippen molar-refractivity contribution in [1.29, 1.82) is 0 Å². The van der Waals surface area contributed by atoms with Gasteiger partial charge in [0.15, 0.2) is 0 Å². The Labute approximate surface area is 176 Å². The summed E-state index contributed by atoms with van der Waals surface area (Å²) < 4.78 is 0. The van der Waals surface area contributed by atoms with Gasteiger partial charge in [0.25, 0.3) is 0 Å². The van der Waals surface area contributed by atoms with Crippen molar-refractivity contribution in [2.75, 3.05) is 0 Å². The van der Waals surface area contributed by atoms with Crippen LogP contribution in [0.25, 0.3) is 0 Å². The molecule has 0 heterocycles. The van der Waals surface area contributed by atoms with Crippen LogP contribution in [0.2, 0.25) is 0 Å². The van der Waals surface area contributed by atoms with E-state index >= 15 is 0 Å². The van der Waals surface area contributed by atoms with E-state index in [9.17, 15) is 29.7 Å². The average Bonchev–Trinajstić information content (AvgIpc) is 2.48. The fourth-order valence-electron chi connectivity index (χ4n) is 0.736. The van der Waals surface area contributed by atoms with Crippen LogP contribution in [0.15, 0.2) is 72.9 Å². The number of carboxylic acids is 3. The molecule has 0 aromatic carbocycles. The van der Waals surface area contributed by atoms with E-state index in [1.165, 1.54) is 18.2 Å². The minimum atomic E-state index is -1.16. The molecule has 0 unspecified atom stereocenters. The summed E-state index contributed by atoms with van der Waals surface area (Å²) in [7, 11) is 0. The molecule has 6 nitrogen and oxygen atoms in total. The first-order chi connectivity index (χ1) is 11.3. The minimum Gasteiger partial charge on any atom is -0.545 e. The van der Waals surface area contributed by atoms with Crippen molar-refractivity contribution in [1.82, 2.24) is 0 Å². The number of aliphatic carboxylic acids is 3. The molecule has 0 amide bonds. The first kappa shape index (κ1) is 30.9. The first-order valence-electron chi connectivity index (χ1n) is 6.82. The third kappa shape index (κ3) is 52.1. The monoisotopic (exact) mass is 472 g/mol. The van der Waals surface area contributed by atoms with Crippen LogP contribution < -0.4 is 15.3 Å². The largest absolute Gasteiger partial charge is 3.00 e. The van der Waals surface area contributed by atoms with Gasteiger partial charge in [0.2, 0.25) is 0 Å². The Morgan fingerprint density at radius 2 is 0.720 bits per heavy atom. The second-order valence-electron chi connectivity index (χ2n) is 3.61. The van der Waals surface area contributed by atoms with Gasteiger partial charge in [0.05, 0.1) is 17.9 Å². The maximum Gasteiger partial charge on any atom is 3.00 e. The Balaban J connectivity index is -0.000000130. The summed E-state index contributed by atoms with van der Waals surface area (Å²) in [5.74, 6) is -3.49. The molecule has 0 aromatic heterocycles. The van der Waals surface area contributed by atoms with E-state index in [0.29, 0.717) is 0 Å². The number of hydrogen-bond acceptors (Lipinski definition) is 6. The van der Waals surface area contributed by atoms with Crippen LogP contribution >= 0.6 is 0 Å². The van der Waals surface area contributed by atoms with Gasteiger partial charge in [-0.15, -0.1) is 0 Å². The smallest absolute Gasteiger partial charge is 0.545 e. The zero-order chi connectivity index (χ0) is 19.2. The Morgan fingerprint density at radius 3 is 0.840 bits per heavy atom. The van der Waals surface area contributed by atoms with Gasteiger partial charge in [-0.1, -0.05) is 54.7 Å². The molecule has 0 saturated heterocycles. The molecule has 0 N–H and O–H groups in total. The zero-order valence-electron chi connectivity index (χ0n) is 14.5. The van der Waals surface area contributed by atoms with E-state index < -0.39 is 17.9 Å². The second-order valence-corrected chi connectivity index (χ2v) is 3.61. The Bertz CT molecular complexity index is 450. The second kappa shape index (κ2) is 26.9. The normalized spacial score (nSPS) is 10.7. The number of allylic oxidation sites excluding steroid dienone is 9. The van der Waals surface area contributed by atoms with Crippen LogP contribution in [0, 0.1) is 35.6 Å². The van der Waals surface area contributed by atoms with Crippen molar-refractivity contribution >= 4 is 17.9 Å². The molecule has 7 heteroatoms. The summed E-state index contributed by atoms with van der Waals surface area (Å²) in [6.45, 7) is 5.42. The maximum atomic E-state index is 9.64.